The van der Waals surface area contributed by atoms with Crippen LogP contribution in [0.25, 0.3) is 0 Å². The SMILES string of the molecule is CCN1C(=O)c2cc(NS(=O)(=O)c3ccccc3[N+](=O)[O-])ccc2Oc2ccccc21. The minimum atomic E-state index is -4.27. The van der Waals surface area contributed by atoms with Gasteiger partial charge in [0.15, 0.2) is 10.6 Å². The molecule has 3 aromatic rings. The summed E-state index contributed by atoms with van der Waals surface area (Å²) in [6.07, 6.45) is 0. The van der Waals surface area contributed by atoms with Crippen LogP contribution in [0.1, 0.15) is 17.3 Å². The number of nitro groups is 1. The Kier molecular flexibility index (Phi) is 5.07. The first kappa shape index (κ1) is 20.4. The molecule has 0 aromatic heterocycles. The molecule has 1 aliphatic heterocycles. The number of para-hydroxylation sites is 3. The third-order valence-electron chi connectivity index (χ3n) is 4.75. The lowest BCUT2D eigenvalue weighted by atomic mass is 10.1. The van der Waals surface area contributed by atoms with Crippen LogP contribution in [-0.4, -0.2) is 25.8 Å². The van der Waals surface area contributed by atoms with Crippen LogP contribution in [0.4, 0.5) is 17.1 Å². The van der Waals surface area contributed by atoms with Gasteiger partial charge in [-0.05, 0) is 43.3 Å². The zero-order chi connectivity index (χ0) is 22.2. The number of nitrogens with zero attached hydrogens (tertiary/aromatic N) is 2. The Bertz CT molecular complexity index is 1310. The van der Waals surface area contributed by atoms with Gasteiger partial charge in [0.1, 0.15) is 5.75 Å². The third kappa shape index (κ3) is 3.68. The summed E-state index contributed by atoms with van der Waals surface area (Å²) in [7, 11) is -4.27. The number of anilines is 2. The second kappa shape index (κ2) is 7.73. The summed E-state index contributed by atoms with van der Waals surface area (Å²) in [5.41, 5.74) is 0.307. The summed E-state index contributed by atoms with van der Waals surface area (Å²) in [4.78, 5) is 24.7. The van der Waals surface area contributed by atoms with Gasteiger partial charge in [0.2, 0.25) is 0 Å². The molecule has 0 atom stereocenters. The number of amides is 1. The Hall–Kier alpha value is -3.92. The van der Waals surface area contributed by atoms with Crippen LogP contribution in [-0.2, 0) is 10.0 Å². The van der Waals surface area contributed by atoms with E-state index < -0.39 is 25.5 Å². The Labute approximate surface area is 178 Å². The smallest absolute Gasteiger partial charge is 0.289 e. The van der Waals surface area contributed by atoms with Crippen LogP contribution in [0.5, 0.6) is 11.5 Å². The fourth-order valence-electron chi connectivity index (χ4n) is 3.35. The van der Waals surface area contributed by atoms with E-state index in [4.69, 9.17) is 4.74 Å². The number of hydrogen-bond donors (Lipinski definition) is 1. The fourth-order valence-corrected chi connectivity index (χ4v) is 4.57. The molecule has 31 heavy (non-hydrogen) atoms. The molecule has 1 aliphatic rings. The molecule has 0 radical (unpaired) electrons. The molecule has 9 nitrogen and oxygen atoms in total. The van der Waals surface area contributed by atoms with Gasteiger partial charge in [-0.15, -0.1) is 0 Å². The third-order valence-corrected chi connectivity index (χ3v) is 6.18. The number of nitrogens with one attached hydrogen (secondary N) is 1. The highest BCUT2D eigenvalue weighted by molar-refractivity contribution is 7.92. The van der Waals surface area contributed by atoms with Crippen LogP contribution in [0.15, 0.2) is 71.6 Å². The Morgan fingerprint density at radius 3 is 2.48 bits per heavy atom. The molecule has 0 aliphatic carbocycles. The van der Waals surface area contributed by atoms with Gasteiger partial charge in [-0.3, -0.25) is 19.6 Å². The number of carbonyl (C=O) groups is 1. The number of nitro benzene ring substituents is 1. The summed E-state index contributed by atoms with van der Waals surface area (Å²) >= 11 is 0. The molecule has 0 saturated carbocycles. The van der Waals surface area contributed by atoms with Crippen molar-refractivity contribution in [2.75, 3.05) is 16.2 Å². The standard InChI is InChI=1S/C21H17N3O6S/c1-2-23-16-7-3-5-9-19(16)30-18-12-11-14(13-15(18)21(23)25)22-31(28,29)20-10-6-4-8-17(20)24(26)27/h3-13,22H,2H2,1H3. The molecule has 1 amide bonds. The lowest BCUT2D eigenvalue weighted by Crippen LogP contribution is -2.29. The predicted octanol–water partition coefficient (Wildman–Crippen LogP) is 4.17. The zero-order valence-electron chi connectivity index (χ0n) is 16.3. The Morgan fingerprint density at radius 1 is 1.03 bits per heavy atom. The number of carbonyl (C=O) groups excluding carboxylic acids is 1. The topological polar surface area (TPSA) is 119 Å². The number of hydrogen-bond acceptors (Lipinski definition) is 6. The van der Waals surface area contributed by atoms with E-state index >= 15 is 0 Å². The minimum absolute atomic E-state index is 0.0795. The van der Waals surface area contributed by atoms with Gasteiger partial charge < -0.3 is 9.64 Å². The predicted molar refractivity (Wildman–Crippen MR) is 114 cm³/mol. The van der Waals surface area contributed by atoms with E-state index in [1.54, 1.807) is 24.3 Å². The second-order valence-corrected chi connectivity index (χ2v) is 8.31. The summed E-state index contributed by atoms with van der Waals surface area (Å²) in [6.45, 7) is 2.20. The number of sulfonamides is 1. The molecule has 10 heteroatoms. The van der Waals surface area contributed by atoms with Crippen LogP contribution in [0.3, 0.4) is 0 Å². The molecule has 0 spiro atoms. The summed E-state index contributed by atoms with van der Waals surface area (Å²) in [5, 5.41) is 11.2. The fraction of sp³-hybridized carbons (Fsp3) is 0.0952. The molecule has 158 valence electrons. The van der Waals surface area contributed by atoms with Crippen molar-refractivity contribution in [2.24, 2.45) is 0 Å². The molecular formula is C21H17N3O6S. The second-order valence-electron chi connectivity index (χ2n) is 6.66. The first-order chi connectivity index (χ1) is 14.8. The number of ether oxygens (including phenoxy) is 1. The van der Waals surface area contributed by atoms with Crippen LogP contribution >= 0.6 is 0 Å². The number of fused-ring (bicyclic) bond motifs is 2. The Balaban J connectivity index is 1.74. The van der Waals surface area contributed by atoms with E-state index in [1.165, 1.54) is 35.2 Å². The molecule has 0 unspecified atom stereocenters. The normalized spacial score (nSPS) is 12.9. The van der Waals surface area contributed by atoms with Gasteiger partial charge in [0, 0.05) is 18.3 Å². The van der Waals surface area contributed by atoms with Gasteiger partial charge in [0.25, 0.3) is 21.6 Å². The maximum Gasteiger partial charge on any atom is 0.289 e. The average Bonchev–Trinajstić information content (AvgIpc) is 2.87. The van der Waals surface area contributed by atoms with Crippen molar-refractivity contribution < 1.29 is 22.9 Å². The van der Waals surface area contributed by atoms with E-state index in [-0.39, 0.29) is 22.9 Å². The highest BCUT2D eigenvalue weighted by Crippen LogP contribution is 2.39. The van der Waals surface area contributed by atoms with E-state index in [0.717, 1.165) is 12.1 Å². The van der Waals surface area contributed by atoms with Gasteiger partial charge in [-0.2, -0.15) is 0 Å². The van der Waals surface area contributed by atoms with Crippen molar-refractivity contribution in [1.29, 1.82) is 0 Å². The van der Waals surface area contributed by atoms with E-state index in [0.29, 0.717) is 18.0 Å². The van der Waals surface area contributed by atoms with Gasteiger partial charge >= 0.3 is 0 Å². The lowest BCUT2D eigenvalue weighted by molar-refractivity contribution is -0.387. The molecule has 1 N–H and O–H groups in total. The quantitative estimate of drug-likeness (QED) is 0.471. The zero-order valence-corrected chi connectivity index (χ0v) is 17.1. The maximum absolute atomic E-state index is 13.1. The first-order valence-corrected chi connectivity index (χ1v) is 10.8. The van der Waals surface area contributed by atoms with E-state index in [9.17, 15) is 23.3 Å². The van der Waals surface area contributed by atoms with Gasteiger partial charge in [-0.25, -0.2) is 8.42 Å². The molecular weight excluding hydrogens is 422 g/mol. The van der Waals surface area contributed by atoms with E-state index in [1.807, 2.05) is 6.92 Å². The summed E-state index contributed by atoms with van der Waals surface area (Å²) in [5.74, 6) is 0.431. The van der Waals surface area contributed by atoms with Crippen molar-refractivity contribution in [1.82, 2.24) is 0 Å². The summed E-state index contributed by atoms with van der Waals surface area (Å²) in [6, 6.07) is 16.4. The molecule has 0 saturated heterocycles. The molecule has 0 fully saturated rings. The maximum atomic E-state index is 13.1. The van der Waals surface area contributed by atoms with Crippen LogP contribution in [0, 0.1) is 10.1 Å². The molecule has 1 heterocycles. The van der Waals surface area contributed by atoms with E-state index in [2.05, 4.69) is 4.72 Å². The van der Waals surface area contributed by atoms with Crippen molar-refractivity contribution in [2.45, 2.75) is 11.8 Å². The van der Waals surface area contributed by atoms with Crippen LogP contribution in [0.2, 0.25) is 0 Å². The molecule has 4 rings (SSSR count). The first-order valence-electron chi connectivity index (χ1n) is 9.31. The monoisotopic (exact) mass is 439 g/mol. The minimum Gasteiger partial charge on any atom is -0.454 e. The average molecular weight is 439 g/mol. The van der Waals surface area contributed by atoms with Gasteiger partial charge in [-0.1, -0.05) is 24.3 Å². The Morgan fingerprint density at radius 2 is 1.74 bits per heavy atom. The van der Waals surface area contributed by atoms with Crippen molar-refractivity contribution in [3.05, 3.63) is 82.4 Å². The van der Waals surface area contributed by atoms with Crippen LogP contribution < -0.4 is 14.4 Å². The number of rotatable bonds is 5. The van der Waals surface area contributed by atoms with Crippen molar-refractivity contribution in [3.8, 4) is 11.5 Å². The summed E-state index contributed by atoms with van der Waals surface area (Å²) < 4.78 is 33.8. The largest absolute Gasteiger partial charge is 0.454 e. The molecule has 0 bridgehead atoms. The molecule has 3 aromatic carbocycles. The van der Waals surface area contributed by atoms with Crippen molar-refractivity contribution >= 4 is 33.0 Å². The highest BCUT2D eigenvalue weighted by atomic mass is 32.2. The van der Waals surface area contributed by atoms with Crippen molar-refractivity contribution in [3.63, 3.8) is 0 Å². The lowest BCUT2D eigenvalue weighted by Gasteiger charge is -2.19. The van der Waals surface area contributed by atoms with Gasteiger partial charge in [0.05, 0.1) is 16.2 Å². The highest BCUT2D eigenvalue weighted by Gasteiger charge is 2.29. The number of benzene rings is 3.